The fourth-order valence-electron chi connectivity index (χ4n) is 3.01. The lowest BCUT2D eigenvalue weighted by molar-refractivity contribution is -0.137. The van der Waals surface area contributed by atoms with Crippen LogP contribution in [0.2, 0.25) is 0 Å². The lowest BCUT2D eigenvalue weighted by Crippen LogP contribution is -2.20. The summed E-state index contributed by atoms with van der Waals surface area (Å²) >= 11 is 0. The minimum atomic E-state index is -4.74. The Hall–Kier alpha value is -3.03. The summed E-state index contributed by atoms with van der Waals surface area (Å²) in [4.78, 5) is 24.3. The molecule has 31 heavy (non-hydrogen) atoms. The summed E-state index contributed by atoms with van der Waals surface area (Å²) in [5.41, 5.74) is -1.93. The first-order valence-electron chi connectivity index (χ1n) is 9.47. The van der Waals surface area contributed by atoms with E-state index in [0.717, 1.165) is 6.07 Å². The van der Waals surface area contributed by atoms with Crippen molar-refractivity contribution in [2.75, 3.05) is 0 Å². The Labute approximate surface area is 178 Å². The molecule has 0 atom stereocenters. The second kappa shape index (κ2) is 7.90. The van der Waals surface area contributed by atoms with Crippen molar-refractivity contribution in [2.24, 2.45) is 0 Å². The van der Waals surface area contributed by atoms with Crippen LogP contribution in [0.4, 0.5) is 13.2 Å². The number of halogens is 3. The highest BCUT2D eigenvalue weighted by atomic mass is 19.4. The van der Waals surface area contributed by atoms with Crippen molar-refractivity contribution < 1.29 is 37.7 Å². The number of carboxylic acid groups (broad SMARTS) is 1. The number of alkyl halides is 3. The molecular weight excluding hydrogens is 413 g/mol. The smallest absolute Gasteiger partial charge is 0.416 e. The minimum absolute atomic E-state index is 0.0126. The zero-order valence-electron chi connectivity index (χ0n) is 18.1. The van der Waals surface area contributed by atoms with Gasteiger partial charge >= 0.3 is 18.1 Å². The summed E-state index contributed by atoms with van der Waals surface area (Å²) in [5.74, 6) is -3.26. The normalized spacial score (nSPS) is 12.5. The largest absolute Gasteiger partial charge is 0.507 e. The highest BCUT2D eigenvalue weighted by Gasteiger charge is 2.33. The van der Waals surface area contributed by atoms with E-state index in [4.69, 9.17) is 4.74 Å². The number of rotatable bonds is 3. The van der Waals surface area contributed by atoms with E-state index in [0.29, 0.717) is 23.3 Å². The average molecular weight is 438 g/mol. The van der Waals surface area contributed by atoms with Crippen LogP contribution in [0.25, 0.3) is 0 Å². The molecule has 0 aliphatic heterocycles. The molecule has 0 heterocycles. The minimum Gasteiger partial charge on any atom is -0.507 e. The highest BCUT2D eigenvalue weighted by molar-refractivity contribution is 5.96. The van der Waals surface area contributed by atoms with Crippen molar-refractivity contribution in [1.82, 2.24) is 0 Å². The zero-order chi connectivity index (χ0) is 23.9. The van der Waals surface area contributed by atoms with Crippen LogP contribution in [0, 0.1) is 0 Å². The van der Waals surface area contributed by atoms with Gasteiger partial charge < -0.3 is 14.9 Å². The van der Waals surface area contributed by atoms with Gasteiger partial charge in [-0.1, -0.05) is 41.5 Å². The molecule has 2 aromatic carbocycles. The average Bonchev–Trinajstić information content (AvgIpc) is 2.58. The first kappa shape index (κ1) is 24.2. The van der Waals surface area contributed by atoms with Crippen LogP contribution in [0.3, 0.4) is 0 Å². The Morgan fingerprint density at radius 3 is 1.74 bits per heavy atom. The van der Waals surface area contributed by atoms with Crippen LogP contribution in [-0.2, 0) is 17.0 Å². The maximum absolute atomic E-state index is 13.1. The highest BCUT2D eigenvalue weighted by Crippen LogP contribution is 2.40. The molecule has 0 aliphatic carbocycles. The molecule has 0 unspecified atom stereocenters. The van der Waals surface area contributed by atoms with Gasteiger partial charge in [-0.2, -0.15) is 13.2 Å². The second-order valence-electron chi connectivity index (χ2n) is 9.32. The molecule has 8 heteroatoms. The topological polar surface area (TPSA) is 83.8 Å². The van der Waals surface area contributed by atoms with Crippen molar-refractivity contribution in [1.29, 1.82) is 0 Å². The Morgan fingerprint density at radius 1 is 0.871 bits per heavy atom. The molecule has 2 aromatic rings. The Bertz CT molecular complexity index is 990. The van der Waals surface area contributed by atoms with Gasteiger partial charge in [-0.15, -0.1) is 0 Å². The molecule has 0 amide bonds. The number of hydrogen-bond acceptors (Lipinski definition) is 4. The number of carbonyl (C=O) groups is 2. The number of carboxylic acids is 1. The van der Waals surface area contributed by atoms with Gasteiger partial charge in [0.25, 0.3) is 0 Å². The van der Waals surface area contributed by atoms with Crippen molar-refractivity contribution in [3.05, 3.63) is 58.1 Å². The summed E-state index contributed by atoms with van der Waals surface area (Å²) in [6, 6.07) is 4.64. The van der Waals surface area contributed by atoms with Gasteiger partial charge in [0.2, 0.25) is 0 Å². The molecule has 0 aliphatic rings. The van der Waals surface area contributed by atoms with E-state index in [-0.39, 0.29) is 11.3 Å². The predicted octanol–water partition coefficient (Wildman–Crippen LogP) is 5.92. The summed E-state index contributed by atoms with van der Waals surface area (Å²) in [5, 5.41) is 20.0. The lowest BCUT2D eigenvalue weighted by Gasteiger charge is -2.28. The molecule has 0 fully saturated rings. The molecule has 5 nitrogen and oxygen atoms in total. The number of phenolic OH excluding ortho intramolecular Hbond substituents is 1. The number of aromatic hydroxyl groups is 1. The van der Waals surface area contributed by atoms with E-state index in [1.165, 1.54) is 12.1 Å². The standard InChI is InChI=1S/C23H25F3O5/c1-21(2,3)15-9-12(10-16(18(15)27)22(4,5)6)20(30)31-17-11-13(23(24,25)26)7-8-14(17)19(28)29/h7-11,27H,1-6H3,(H,28,29). The third-order valence-corrected chi connectivity index (χ3v) is 4.70. The molecule has 0 radical (unpaired) electrons. The number of hydrogen-bond donors (Lipinski definition) is 2. The van der Waals surface area contributed by atoms with Gasteiger partial charge in [-0.05, 0) is 41.2 Å². The van der Waals surface area contributed by atoms with Crippen LogP contribution in [0.15, 0.2) is 30.3 Å². The first-order valence-corrected chi connectivity index (χ1v) is 9.47. The SMILES string of the molecule is CC(C)(C)c1cc(C(=O)Oc2cc(C(F)(F)F)ccc2C(=O)O)cc(C(C)(C)C)c1O. The fourth-order valence-corrected chi connectivity index (χ4v) is 3.01. The molecule has 0 aromatic heterocycles. The molecule has 2 rings (SSSR count). The van der Waals surface area contributed by atoms with Gasteiger partial charge in [0.1, 0.15) is 17.1 Å². The van der Waals surface area contributed by atoms with Crippen LogP contribution < -0.4 is 4.74 Å². The zero-order valence-corrected chi connectivity index (χ0v) is 18.1. The lowest BCUT2D eigenvalue weighted by atomic mass is 9.78. The number of benzene rings is 2. The van der Waals surface area contributed by atoms with Crippen molar-refractivity contribution in [3.63, 3.8) is 0 Å². The van der Waals surface area contributed by atoms with E-state index in [1.807, 2.05) is 41.5 Å². The molecule has 0 saturated heterocycles. The predicted molar refractivity (Wildman–Crippen MR) is 109 cm³/mol. The Morgan fingerprint density at radius 2 is 1.35 bits per heavy atom. The van der Waals surface area contributed by atoms with Crippen molar-refractivity contribution in [2.45, 2.75) is 58.5 Å². The maximum atomic E-state index is 13.1. The maximum Gasteiger partial charge on any atom is 0.416 e. The molecular formula is C23H25F3O5. The van der Waals surface area contributed by atoms with E-state index in [9.17, 15) is 33.0 Å². The number of aromatic carboxylic acids is 1. The van der Waals surface area contributed by atoms with Crippen LogP contribution in [-0.4, -0.2) is 22.2 Å². The quantitative estimate of drug-likeness (QED) is 0.459. The van der Waals surface area contributed by atoms with E-state index in [1.54, 1.807) is 0 Å². The first-order chi connectivity index (χ1) is 13.9. The van der Waals surface area contributed by atoms with Crippen LogP contribution in [0.5, 0.6) is 11.5 Å². The molecule has 0 saturated carbocycles. The number of esters is 1. The number of phenols is 1. The summed E-state index contributed by atoms with van der Waals surface area (Å²) in [7, 11) is 0. The van der Waals surface area contributed by atoms with Crippen LogP contribution >= 0.6 is 0 Å². The van der Waals surface area contributed by atoms with Gasteiger partial charge in [-0.25, -0.2) is 9.59 Å². The van der Waals surface area contributed by atoms with Gasteiger partial charge in [0.05, 0.1) is 11.1 Å². The van der Waals surface area contributed by atoms with Gasteiger partial charge in [0.15, 0.2) is 0 Å². The van der Waals surface area contributed by atoms with Crippen LogP contribution in [0.1, 0.15) is 78.9 Å². The van der Waals surface area contributed by atoms with Gasteiger partial charge in [0, 0.05) is 11.1 Å². The number of carbonyl (C=O) groups excluding carboxylic acids is 1. The summed E-state index contributed by atoms with van der Waals surface area (Å²) in [6.07, 6.45) is -4.74. The fraction of sp³-hybridized carbons (Fsp3) is 0.391. The molecule has 0 spiro atoms. The molecule has 0 bridgehead atoms. The summed E-state index contributed by atoms with van der Waals surface area (Å²) < 4.78 is 44.3. The third-order valence-electron chi connectivity index (χ3n) is 4.70. The van der Waals surface area contributed by atoms with E-state index in [2.05, 4.69) is 0 Å². The molecule has 2 N–H and O–H groups in total. The monoisotopic (exact) mass is 438 g/mol. The van der Waals surface area contributed by atoms with Crippen molar-refractivity contribution in [3.8, 4) is 11.5 Å². The van der Waals surface area contributed by atoms with E-state index >= 15 is 0 Å². The Balaban J connectivity index is 2.62. The second-order valence-corrected chi connectivity index (χ2v) is 9.32. The van der Waals surface area contributed by atoms with E-state index < -0.39 is 45.8 Å². The van der Waals surface area contributed by atoms with Crippen molar-refractivity contribution >= 4 is 11.9 Å². The molecule has 168 valence electrons. The Kier molecular flexibility index (Phi) is 6.18. The summed E-state index contributed by atoms with van der Waals surface area (Å²) in [6.45, 7) is 11.0. The van der Waals surface area contributed by atoms with Gasteiger partial charge in [-0.3, -0.25) is 0 Å². The number of ether oxygens (including phenoxy) is 1. The third kappa shape index (κ3) is 5.37.